The topological polar surface area (TPSA) is 53.2 Å². The molecule has 0 aliphatic rings. The summed E-state index contributed by atoms with van der Waals surface area (Å²) in [4.78, 5) is 27.0. The third-order valence-corrected chi connectivity index (χ3v) is 2.08. The molecule has 1 aromatic rings. The van der Waals surface area contributed by atoms with Gasteiger partial charge >= 0.3 is 0 Å². The zero-order valence-electron chi connectivity index (χ0n) is 9.19. The van der Waals surface area contributed by atoms with Crippen LogP contribution in [0.2, 0.25) is 0 Å². The molecule has 4 nitrogen and oxygen atoms in total. The first-order valence-electron chi connectivity index (χ1n) is 5.10. The average molecular weight is 218 g/mol. The van der Waals surface area contributed by atoms with Crippen molar-refractivity contribution in [3.8, 4) is 12.3 Å². The molecule has 0 aliphatic carbocycles. The second-order valence-corrected chi connectivity index (χ2v) is 3.37. The molecular weight excluding hydrogens is 204 g/mol. The molecule has 1 heterocycles. The van der Waals surface area contributed by atoms with Gasteiger partial charge in [-0.05, 0) is 12.5 Å². The zero-order chi connectivity index (χ0) is 12.0. The number of aromatic nitrogens is 1. The highest BCUT2D eigenvalue weighted by atomic mass is 16.2. The van der Waals surface area contributed by atoms with Gasteiger partial charge in [0.2, 0.25) is 5.56 Å². The predicted molar refractivity (Wildman–Crippen MR) is 62.1 cm³/mol. The lowest BCUT2D eigenvalue weighted by Crippen LogP contribution is -2.32. The molecule has 0 atom stereocenters. The Bertz CT molecular complexity index is 457. The van der Waals surface area contributed by atoms with Gasteiger partial charge in [0.15, 0.2) is 0 Å². The van der Waals surface area contributed by atoms with Crippen molar-refractivity contribution in [3.05, 3.63) is 34.2 Å². The number of amides is 1. The van der Waals surface area contributed by atoms with E-state index in [9.17, 15) is 9.59 Å². The SMILES string of the molecule is C#CCN(CCC)C(=O)c1cc[nH]c(=O)c1. The number of rotatable bonds is 4. The van der Waals surface area contributed by atoms with Crippen LogP contribution in [-0.4, -0.2) is 28.9 Å². The summed E-state index contributed by atoms with van der Waals surface area (Å²) in [5, 5.41) is 0. The second kappa shape index (κ2) is 5.76. The molecule has 0 spiro atoms. The maximum Gasteiger partial charge on any atom is 0.254 e. The highest BCUT2D eigenvalue weighted by molar-refractivity contribution is 5.94. The number of pyridine rings is 1. The minimum atomic E-state index is -0.289. The third-order valence-electron chi connectivity index (χ3n) is 2.08. The van der Waals surface area contributed by atoms with Crippen LogP contribution in [0.1, 0.15) is 23.7 Å². The monoisotopic (exact) mass is 218 g/mol. The zero-order valence-corrected chi connectivity index (χ0v) is 9.19. The number of H-pyrrole nitrogens is 1. The van der Waals surface area contributed by atoms with E-state index >= 15 is 0 Å². The van der Waals surface area contributed by atoms with Crippen molar-refractivity contribution in [1.82, 2.24) is 9.88 Å². The first kappa shape index (κ1) is 12.1. The molecule has 0 aliphatic heterocycles. The summed E-state index contributed by atoms with van der Waals surface area (Å²) in [6, 6.07) is 2.85. The van der Waals surface area contributed by atoms with E-state index in [4.69, 9.17) is 6.42 Å². The van der Waals surface area contributed by atoms with Gasteiger partial charge in [0.25, 0.3) is 5.91 Å². The van der Waals surface area contributed by atoms with E-state index in [1.165, 1.54) is 12.3 Å². The first-order valence-corrected chi connectivity index (χ1v) is 5.10. The van der Waals surface area contributed by atoms with Crippen molar-refractivity contribution >= 4 is 5.91 Å². The summed E-state index contributed by atoms with van der Waals surface area (Å²) >= 11 is 0. The van der Waals surface area contributed by atoms with E-state index in [1.54, 1.807) is 11.0 Å². The van der Waals surface area contributed by atoms with Crippen LogP contribution in [0.25, 0.3) is 0 Å². The predicted octanol–water partition coefficient (Wildman–Crippen LogP) is 0.860. The van der Waals surface area contributed by atoms with Gasteiger partial charge in [0, 0.05) is 24.4 Å². The second-order valence-electron chi connectivity index (χ2n) is 3.37. The standard InChI is InChI=1S/C12H14N2O2/c1-3-7-14(8-4-2)12(16)10-5-6-13-11(15)9-10/h1,5-6,9H,4,7-8H2,2H3,(H,13,15). The van der Waals surface area contributed by atoms with Crippen molar-refractivity contribution in [2.75, 3.05) is 13.1 Å². The van der Waals surface area contributed by atoms with Crippen molar-refractivity contribution in [1.29, 1.82) is 0 Å². The number of carbonyl (C=O) groups excluding carboxylic acids is 1. The summed E-state index contributed by atoms with van der Waals surface area (Å²) in [6.45, 7) is 2.82. The maximum atomic E-state index is 12.0. The summed E-state index contributed by atoms with van der Waals surface area (Å²) in [5.41, 5.74) is 0.0791. The van der Waals surface area contributed by atoms with Gasteiger partial charge in [-0.2, -0.15) is 0 Å². The highest BCUT2D eigenvalue weighted by Gasteiger charge is 2.13. The van der Waals surface area contributed by atoms with Gasteiger partial charge in [0.1, 0.15) is 0 Å². The lowest BCUT2D eigenvalue weighted by molar-refractivity contribution is 0.0776. The molecule has 84 valence electrons. The van der Waals surface area contributed by atoms with E-state index in [0.717, 1.165) is 6.42 Å². The summed E-state index contributed by atoms with van der Waals surface area (Å²) in [6.07, 6.45) is 7.48. The molecule has 0 radical (unpaired) electrons. The molecule has 4 heteroatoms. The van der Waals surface area contributed by atoms with Crippen LogP contribution in [0.3, 0.4) is 0 Å². The summed E-state index contributed by atoms with van der Waals surface area (Å²) in [7, 11) is 0. The van der Waals surface area contributed by atoms with Crippen LogP contribution in [0.5, 0.6) is 0 Å². The minimum absolute atomic E-state index is 0.203. The number of hydrogen-bond acceptors (Lipinski definition) is 2. The van der Waals surface area contributed by atoms with Gasteiger partial charge in [-0.15, -0.1) is 6.42 Å². The quantitative estimate of drug-likeness (QED) is 0.762. The normalized spacial score (nSPS) is 9.50. The van der Waals surface area contributed by atoms with Crippen molar-refractivity contribution < 1.29 is 4.79 Å². The molecule has 0 saturated carbocycles. The van der Waals surface area contributed by atoms with Gasteiger partial charge in [-0.25, -0.2) is 0 Å². The summed E-state index contributed by atoms with van der Waals surface area (Å²) < 4.78 is 0. The maximum absolute atomic E-state index is 12.0. The molecule has 0 aromatic carbocycles. The minimum Gasteiger partial charge on any atom is -0.329 e. The number of carbonyl (C=O) groups is 1. The average Bonchev–Trinajstić information content (AvgIpc) is 2.28. The molecule has 1 rings (SSSR count). The van der Waals surface area contributed by atoms with Gasteiger partial charge in [0.05, 0.1) is 6.54 Å². The number of hydrogen-bond donors (Lipinski definition) is 1. The van der Waals surface area contributed by atoms with Gasteiger partial charge in [-0.1, -0.05) is 12.8 Å². The molecule has 0 bridgehead atoms. The fourth-order valence-electron chi connectivity index (χ4n) is 1.39. The number of aromatic amines is 1. The van der Waals surface area contributed by atoms with E-state index in [0.29, 0.717) is 12.1 Å². The molecule has 1 aromatic heterocycles. The van der Waals surface area contributed by atoms with Crippen LogP contribution in [-0.2, 0) is 0 Å². The Morgan fingerprint density at radius 2 is 2.38 bits per heavy atom. The molecule has 16 heavy (non-hydrogen) atoms. The molecule has 1 amide bonds. The van der Waals surface area contributed by atoms with Crippen LogP contribution in [0.15, 0.2) is 23.1 Å². The van der Waals surface area contributed by atoms with Gasteiger partial charge < -0.3 is 9.88 Å². The lowest BCUT2D eigenvalue weighted by Gasteiger charge is -2.19. The molecule has 0 fully saturated rings. The van der Waals surface area contributed by atoms with E-state index in [2.05, 4.69) is 10.9 Å². The third kappa shape index (κ3) is 2.99. The van der Waals surface area contributed by atoms with E-state index in [1.807, 2.05) is 6.92 Å². The van der Waals surface area contributed by atoms with Crippen LogP contribution < -0.4 is 5.56 Å². The lowest BCUT2D eigenvalue weighted by atomic mass is 10.2. The van der Waals surface area contributed by atoms with Crippen LogP contribution >= 0.6 is 0 Å². The molecule has 0 saturated heterocycles. The van der Waals surface area contributed by atoms with Gasteiger partial charge in [-0.3, -0.25) is 9.59 Å². The molecule has 1 N–H and O–H groups in total. The largest absolute Gasteiger partial charge is 0.329 e. The highest BCUT2D eigenvalue weighted by Crippen LogP contribution is 2.02. The first-order chi connectivity index (χ1) is 7.69. The Hall–Kier alpha value is -2.02. The Morgan fingerprint density at radius 1 is 1.62 bits per heavy atom. The number of nitrogens with one attached hydrogen (secondary N) is 1. The fourth-order valence-corrected chi connectivity index (χ4v) is 1.39. The molecule has 0 unspecified atom stereocenters. The Balaban J connectivity index is 2.90. The Morgan fingerprint density at radius 3 is 2.94 bits per heavy atom. The van der Waals surface area contributed by atoms with Crippen molar-refractivity contribution in [2.24, 2.45) is 0 Å². The van der Waals surface area contributed by atoms with E-state index < -0.39 is 0 Å². The van der Waals surface area contributed by atoms with Crippen molar-refractivity contribution in [2.45, 2.75) is 13.3 Å². The summed E-state index contributed by atoms with van der Waals surface area (Å²) in [5.74, 6) is 2.23. The number of terminal acetylenes is 1. The number of nitrogens with zero attached hydrogens (tertiary/aromatic N) is 1. The van der Waals surface area contributed by atoms with Crippen LogP contribution in [0, 0.1) is 12.3 Å². The van der Waals surface area contributed by atoms with Crippen LogP contribution in [0.4, 0.5) is 0 Å². The smallest absolute Gasteiger partial charge is 0.254 e. The fraction of sp³-hybridized carbons (Fsp3) is 0.333. The van der Waals surface area contributed by atoms with E-state index in [-0.39, 0.29) is 18.0 Å². The van der Waals surface area contributed by atoms with Crippen molar-refractivity contribution in [3.63, 3.8) is 0 Å². The Labute approximate surface area is 94.3 Å². The Kier molecular flexibility index (Phi) is 4.34. The molecular formula is C12H14N2O2.